The predicted octanol–water partition coefficient (Wildman–Crippen LogP) is 12.4. The molecule has 4 aromatic rings. The van der Waals surface area contributed by atoms with Gasteiger partial charge in [0.25, 0.3) is 0 Å². The van der Waals surface area contributed by atoms with E-state index >= 15 is 0 Å². The van der Waals surface area contributed by atoms with Crippen LogP contribution in [0.5, 0.6) is 0 Å². The lowest BCUT2D eigenvalue weighted by Gasteiger charge is -2.57. The number of rotatable bonds is 5. The van der Waals surface area contributed by atoms with Crippen LogP contribution in [0, 0.1) is 35.5 Å². The number of para-hydroxylation sites is 1. The second-order valence-electron chi connectivity index (χ2n) is 18.7. The van der Waals surface area contributed by atoms with Gasteiger partial charge < -0.3 is 4.90 Å². The highest BCUT2D eigenvalue weighted by Crippen LogP contribution is 2.63. The minimum atomic E-state index is -0.0184. The first-order valence-corrected chi connectivity index (χ1v) is 19.6. The first-order valence-electron chi connectivity index (χ1n) is 19.6. The smallest absolute Gasteiger partial charge is 0.0499 e. The van der Waals surface area contributed by atoms with Crippen LogP contribution in [0.2, 0.25) is 0 Å². The first-order chi connectivity index (χ1) is 23.4. The Morgan fingerprint density at radius 3 is 1.54 bits per heavy atom. The molecule has 0 aromatic heterocycles. The molecule has 9 aliphatic rings. The van der Waals surface area contributed by atoms with Gasteiger partial charge in [0.05, 0.1) is 0 Å². The van der Waals surface area contributed by atoms with Crippen LogP contribution in [-0.4, -0.2) is 0 Å². The molecule has 0 saturated heterocycles. The van der Waals surface area contributed by atoms with E-state index in [1.807, 2.05) is 0 Å². The van der Waals surface area contributed by atoms with Gasteiger partial charge in [-0.25, -0.2) is 0 Å². The van der Waals surface area contributed by atoms with E-state index in [-0.39, 0.29) is 5.41 Å². The Morgan fingerprint density at radius 2 is 0.938 bits per heavy atom. The van der Waals surface area contributed by atoms with Crippen LogP contribution in [0.1, 0.15) is 113 Å². The molecule has 13 rings (SSSR count). The van der Waals surface area contributed by atoms with Gasteiger partial charge in [-0.2, -0.15) is 0 Å². The SMILES string of the molecule is CC1(C)c2ccccc2-c2ccc(N(c3ccc(C45CC6CC(CC(C6)C4)C5)cc3)c3ccccc3C34CC5CC(CC(C5)C3)C4)cc21. The Hall–Kier alpha value is -3.32. The number of benzene rings is 4. The van der Waals surface area contributed by atoms with Crippen LogP contribution >= 0.6 is 0 Å². The van der Waals surface area contributed by atoms with Crippen LogP contribution in [0.4, 0.5) is 17.1 Å². The molecule has 48 heavy (non-hydrogen) atoms. The van der Waals surface area contributed by atoms with Gasteiger partial charge in [-0.1, -0.05) is 74.5 Å². The Bertz CT molecular complexity index is 1850. The third-order valence-electron chi connectivity index (χ3n) is 15.4. The van der Waals surface area contributed by atoms with Crippen molar-refractivity contribution in [3.05, 3.63) is 113 Å². The van der Waals surface area contributed by atoms with E-state index in [1.165, 1.54) is 116 Å². The van der Waals surface area contributed by atoms with Crippen molar-refractivity contribution in [1.29, 1.82) is 0 Å². The van der Waals surface area contributed by atoms with Crippen LogP contribution in [-0.2, 0) is 16.2 Å². The molecule has 0 radical (unpaired) electrons. The van der Waals surface area contributed by atoms with E-state index in [0.29, 0.717) is 10.8 Å². The van der Waals surface area contributed by atoms with Crippen molar-refractivity contribution in [3.63, 3.8) is 0 Å². The summed E-state index contributed by atoms with van der Waals surface area (Å²) in [5.41, 5.74) is 13.8. The van der Waals surface area contributed by atoms with Crippen molar-refractivity contribution in [2.45, 2.75) is 107 Å². The molecule has 9 aliphatic carbocycles. The zero-order valence-corrected chi connectivity index (χ0v) is 29.1. The summed E-state index contributed by atoms with van der Waals surface area (Å²) in [6.45, 7) is 4.85. The third kappa shape index (κ3) is 4.03. The van der Waals surface area contributed by atoms with Crippen molar-refractivity contribution in [2.75, 3.05) is 4.90 Å². The van der Waals surface area contributed by atoms with Gasteiger partial charge in [0, 0.05) is 22.5 Å². The number of hydrogen-bond acceptors (Lipinski definition) is 1. The fourth-order valence-corrected chi connectivity index (χ4v) is 14.2. The molecule has 244 valence electrons. The Kier molecular flexibility index (Phi) is 5.88. The van der Waals surface area contributed by atoms with E-state index in [0.717, 1.165) is 35.5 Å². The van der Waals surface area contributed by atoms with Crippen molar-refractivity contribution in [2.24, 2.45) is 35.5 Å². The van der Waals surface area contributed by atoms with Gasteiger partial charge in [-0.3, -0.25) is 0 Å². The number of fused-ring (bicyclic) bond motifs is 3. The molecule has 0 unspecified atom stereocenters. The molecule has 8 bridgehead atoms. The molecular weight excluding hydrogens is 579 g/mol. The average molecular weight is 630 g/mol. The molecule has 0 heterocycles. The van der Waals surface area contributed by atoms with Gasteiger partial charge in [0.1, 0.15) is 0 Å². The van der Waals surface area contributed by atoms with Crippen molar-refractivity contribution in [1.82, 2.24) is 0 Å². The quantitative estimate of drug-likeness (QED) is 0.212. The van der Waals surface area contributed by atoms with Crippen molar-refractivity contribution in [3.8, 4) is 11.1 Å². The van der Waals surface area contributed by atoms with E-state index in [2.05, 4.69) is 110 Å². The lowest BCUT2D eigenvalue weighted by molar-refractivity contribution is -0.00520. The normalized spacial score (nSPS) is 35.9. The minimum Gasteiger partial charge on any atom is -0.310 e. The molecule has 1 heteroatoms. The maximum Gasteiger partial charge on any atom is 0.0499 e. The fraction of sp³-hybridized carbons (Fsp3) is 0.489. The lowest BCUT2D eigenvalue weighted by Crippen LogP contribution is -2.49. The summed E-state index contributed by atoms with van der Waals surface area (Å²) in [5.74, 6) is 5.69. The summed E-state index contributed by atoms with van der Waals surface area (Å²) in [4.78, 5) is 2.68. The summed E-state index contributed by atoms with van der Waals surface area (Å²) >= 11 is 0. The van der Waals surface area contributed by atoms with Crippen LogP contribution in [0.15, 0.2) is 91.0 Å². The second-order valence-corrected chi connectivity index (χ2v) is 18.7. The topological polar surface area (TPSA) is 3.24 Å². The van der Waals surface area contributed by atoms with Gasteiger partial charge in [-0.05, 0) is 187 Å². The third-order valence-corrected chi connectivity index (χ3v) is 15.4. The van der Waals surface area contributed by atoms with E-state index in [1.54, 1.807) is 11.1 Å². The number of hydrogen-bond donors (Lipinski definition) is 0. The van der Waals surface area contributed by atoms with Crippen LogP contribution < -0.4 is 4.90 Å². The zero-order chi connectivity index (χ0) is 31.8. The summed E-state index contributed by atoms with van der Waals surface area (Å²) in [6, 6.07) is 36.3. The summed E-state index contributed by atoms with van der Waals surface area (Å²) < 4.78 is 0. The molecule has 0 amide bonds. The highest BCUT2D eigenvalue weighted by molar-refractivity contribution is 5.86. The molecule has 0 N–H and O–H groups in total. The predicted molar refractivity (Wildman–Crippen MR) is 198 cm³/mol. The lowest BCUT2D eigenvalue weighted by atomic mass is 9.48. The van der Waals surface area contributed by atoms with E-state index in [9.17, 15) is 0 Å². The summed E-state index contributed by atoms with van der Waals surface area (Å²) in [7, 11) is 0. The standard InChI is InChI=1S/C47H51N/c1-45(2)41-8-4-3-7-39(41)40-16-15-38(23-43(40)45)48(37-13-11-36(12-14-37)46-24-30-17-31(25-46)19-32(18-30)26-46)44-10-6-5-9-42(44)47-27-33-20-34(28-47)22-35(21-33)29-47/h3-16,23,30-35H,17-22,24-29H2,1-2H3. The maximum absolute atomic E-state index is 2.68. The molecule has 0 aliphatic heterocycles. The van der Waals surface area contributed by atoms with Crippen LogP contribution in [0.3, 0.4) is 0 Å². The fourth-order valence-electron chi connectivity index (χ4n) is 14.2. The molecule has 0 atom stereocenters. The summed E-state index contributed by atoms with van der Waals surface area (Å²) in [6.07, 6.45) is 17.4. The van der Waals surface area contributed by atoms with Gasteiger partial charge >= 0.3 is 0 Å². The zero-order valence-electron chi connectivity index (χ0n) is 29.1. The van der Waals surface area contributed by atoms with E-state index in [4.69, 9.17) is 0 Å². The Labute approximate surface area is 288 Å². The monoisotopic (exact) mass is 629 g/mol. The minimum absolute atomic E-state index is 0.0184. The molecule has 1 nitrogen and oxygen atoms in total. The summed E-state index contributed by atoms with van der Waals surface area (Å²) in [5, 5.41) is 0. The molecule has 4 aromatic carbocycles. The van der Waals surface area contributed by atoms with Crippen molar-refractivity contribution < 1.29 is 0 Å². The first kappa shape index (κ1) is 28.5. The van der Waals surface area contributed by atoms with Gasteiger partial charge in [0.2, 0.25) is 0 Å². The Balaban J connectivity index is 1.06. The highest BCUT2D eigenvalue weighted by atomic mass is 15.1. The molecule has 8 saturated carbocycles. The number of anilines is 3. The largest absolute Gasteiger partial charge is 0.310 e. The molecule has 8 fully saturated rings. The second kappa shape index (κ2) is 9.89. The van der Waals surface area contributed by atoms with Crippen LogP contribution in [0.25, 0.3) is 11.1 Å². The highest BCUT2D eigenvalue weighted by Gasteiger charge is 2.53. The van der Waals surface area contributed by atoms with Crippen molar-refractivity contribution >= 4 is 17.1 Å². The Morgan fingerprint density at radius 1 is 0.458 bits per heavy atom. The number of nitrogens with zero attached hydrogens (tertiary/aromatic N) is 1. The molecule has 0 spiro atoms. The van der Waals surface area contributed by atoms with E-state index < -0.39 is 0 Å². The maximum atomic E-state index is 2.68. The van der Waals surface area contributed by atoms with Gasteiger partial charge in [0.15, 0.2) is 0 Å². The molecular formula is C47H51N. The van der Waals surface area contributed by atoms with Gasteiger partial charge in [-0.15, -0.1) is 0 Å². The average Bonchev–Trinajstić information content (AvgIpc) is 3.30.